The highest BCUT2D eigenvalue weighted by Crippen LogP contribution is 2.14. The minimum absolute atomic E-state index is 0.00527. The molecule has 24 heavy (non-hydrogen) atoms. The van der Waals surface area contributed by atoms with Crippen molar-refractivity contribution in [2.75, 3.05) is 26.3 Å². The second-order valence-corrected chi connectivity index (χ2v) is 7.11. The lowest BCUT2D eigenvalue weighted by molar-refractivity contribution is -0.158. The molecule has 132 valence electrons. The van der Waals surface area contributed by atoms with Gasteiger partial charge in [0.25, 0.3) is 0 Å². The van der Waals surface area contributed by atoms with Crippen LogP contribution in [0.2, 0.25) is 0 Å². The number of nitrogens with one attached hydrogen (secondary N) is 1. The monoisotopic (exact) mass is 356 g/mol. The molecule has 0 aliphatic carbocycles. The van der Waals surface area contributed by atoms with E-state index in [4.69, 9.17) is 9.84 Å². The Morgan fingerprint density at radius 3 is 2.58 bits per heavy atom. The molecule has 1 fully saturated rings. The van der Waals surface area contributed by atoms with Gasteiger partial charge in [-0.2, -0.15) is 0 Å². The smallest absolute Gasteiger partial charge is 0.328 e. The van der Waals surface area contributed by atoms with E-state index < -0.39 is 22.0 Å². The molecule has 0 aromatic heterocycles. The first-order chi connectivity index (χ1) is 11.3. The van der Waals surface area contributed by atoms with Gasteiger partial charge in [-0.1, -0.05) is 19.1 Å². The molecule has 1 unspecified atom stereocenters. The number of rotatable bonds is 6. The van der Waals surface area contributed by atoms with Crippen molar-refractivity contribution in [3.05, 3.63) is 29.8 Å². The maximum absolute atomic E-state index is 12.3. The first-order valence-electron chi connectivity index (χ1n) is 7.53. The number of carbonyl (C=O) groups excluding carboxylic acids is 1. The van der Waals surface area contributed by atoms with Crippen molar-refractivity contribution >= 4 is 21.9 Å². The van der Waals surface area contributed by atoms with Gasteiger partial charge in [0.1, 0.15) is 0 Å². The van der Waals surface area contributed by atoms with E-state index in [2.05, 4.69) is 4.72 Å². The zero-order valence-corrected chi connectivity index (χ0v) is 14.1. The van der Waals surface area contributed by atoms with E-state index in [9.17, 15) is 18.0 Å². The minimum Gasteiger partial charge on any atom is -0.480 e. The zero-order valence-electron chi connectivity index (χ0n) is 13.3. The number of hydrogen-bond donors (Lipinski definition) is 2. The topological polar surface area (TPSA) is 113 Å². The molecule has 1 aromatic rings. The Morgan fingerprint density at radius 2 is 2.00 bits per heavy atom. The van der Waals surface area contributed by atoms with Gasteiger partial charge in [-0.3, -0.25) is 4.79 Å². The molecule has 1 atom stereocenters. The van der Waals surface area contributed by atoms with Crippen LogP contribution in [0.25, 0.3) is 0 Å². The van der Waals surface area contributed by atoms with Crippen molar-refractivity contribution in [2.45, 2.75) is 24.3 Å². The van der Waals surface area contributed by atoms with Crippen LogP contribution < -0.4 is 4.72 Å². The molecule has 0 radical (unpaired) electrons. The quantitative estimate of drug-likeness (QED) is 0.732. The van der Waals surface area contributed by atoms with Gasteiger partial charge in [0.2, 0.25) is 15.9 Å². The van der Waals surface area contributed by atoms with E-state index in [0.29, 0.717) is 12.2 Å². The Balaban J connectivity index is 2.08. The molecule has 0 bridgehead atoms. The summed E-state index contributed by atoms with van der Waals surface area (Å²) in [7, 11) is -3.54. The lowest BCUT2D eigenvalue weighted by Crippen LogP contribution is -2.53. The van der Waals surface area contributed by atoms with Crippen LogP contribution in [-0.2, 0) is 30.8 Å². The van der Waals surface area contributed by atoms with Crippen LogP contribution in [0.5, 0.6) is 0 Å². The SMILES string of the molecule is CCNS(=O)(=O)c1ccc(CC(=O)N2CCOCC2C(=O)O)cc1. The highest BCUT2D eigenvalue weighted by atomic mass is 32.2. The predicted octanol–water partition coefficient (Wildman–Crippen LogP) is -0.161. The Hall–Kier alpha value is -1.97. The van der Waals surface area contributed by atoms with Crippen LogP contribution in [0.1, 0.15) is 12.5 Å². The molecule has 1 saturated heterocycles. The van der Waals surface area contributed by atoms with Gasteiger partial charge in [-0.25, -0.2) is 17.9 Å². The fourth-order valence-corrected chi connectivity index (χ4v) is 3.48. The van der Waals surface area contributed by atoms with Crippen molar-refractivity contribution in [1.29, 1.82) is 0 Å². The number of carboxylic acid groups (broad SMARTS) is 1. The second-order valence-electron chi connectivity index (χ2n) is 5.34. The summed E-state index contributed by atoms with van der Waals surface area (Å²) in [6.07, 6.45) is 0.00527. The molecule has 2 rings (SSSR count). The van der Waals surface area contributed by atoms with Crippen LogP contribution in [0, 0.1) is 0 Å². The second kappa shape index (κ2) is 7.73. The van der Waals surface area contributed by atoms with E-state index in [1.54, 1.807) is 19.1 Å². The lowest BCUT2D eigenvalue weighted by atomic mass is 10.1. The summed E-state index contributed by atoms with van der Waals surface area (Å²) in [4.78, 5) is 24.9. The van der Waals surface area contributed by atoms with Crippen LogP contribution in [0.4, 0.5) is 0 Å². The van der Waals surface area contributed by atoms with Crippen LogP contribution in [0.15, 0.2) is 29.2 Å². The average Bonchev–Trinajstić information content (AvgIpc) is 2.55. The summed E-state index contributed by atoms with van der Waals surface area (Å²) in [5, 5.41) is 9.15. The number of amides is 1. The van der Waals surface area contributed by atoms with Gasteiger partial charge in [0.15, 0.2) is 6.04 Å². The lowest BCUT2D eigenvalue weighted by Gasteiger charge is -2.32. The van der Waals surface area contributed by atoms with Gasteiger partial charge < -0.3 is 14.7 Å². The molecule has 9 heteroatoms. The highest BCUT2D eigenvalue weighted by molar-refractivity contribution is 7.89. The Morgan fingerprint density at radius 1 is 1.33 bits per heavy atom. The van der Waals surface area contributed by atoms with E-state index in [1.165, 1.54) is 17.0 Å². The number of carboxylic acids is 1. The summed E-state index contributed by atoms with van der Waals surface area (Å²) in [6, 6.07) is 4.97. The predicted molar refractivity (Wildman–Crippen MR) is 85.0 cm³/mol. The third-order valence-electron chi connectivity index (χ3n) is 3.66. The van der Waals surface area contributed by atoms with Crippen molar-refractivity contribution in [2.24, 2.45) is 0 Å². The zero-order chi connectivity index (χ0) is 17.7. The molecule has 1 amide bonds. The third kappa shape index (κ3) is 4.31. The van der Waals surface area contributed by atoms with Crippen LogP contribution in [-0.4, -0.2) is 62.6 Å². The summed E-state index contributed by atoms with van der Waals surface area (Å²) in [6.45, 7) is 2.47. The van der Waals surface area contributed by atoms with Crippen LogP contribution >= 0.6 is 0 Å². The maximum atomic E-state index is 12.3. The average molecular weight is 356 g/mol. The molecular weight excluding hydrogens is 336 g/mol. The normalized spacial score (nSPS) is 18.4. The summed E-state index contributed by atoms with van der Waals surface area (Å²) in [5.41, 5.74) is 0.617. The van der Waals surface area contributed by atoms with E-state index in [-0.39, 0.29) is 36.9 Å². The van der Waals surface area contributed by atoms with Gasteiger partial charge in [-0.15, -0.1) is 0 Å². The van der Waals surface area contributed by atoms with Gasteiger partial charge in [-0.05, 0) is 17.7 Å². The number of nitrogens with zero attached hydrogens (tertiary/aromatic N) is 1. The molecule has 1 aliphatic heterocycles. The fraction of sp³-hybridized carbons (Fsp3) is 0.467. The standard InChI is InChI=1S/C15H20N2O6S/c1-2-16-24(21,22)12-5-3-11(4-6-12)9-14(18)17-7-8-23-10-13(17)15(19)20/h3-6,13,16H,2,7-10H2,1H3,(H,19,20). The van der Waals surface area contributed by atoms with E-state index in [1.807, 2.05) is 0 Å². The summed E-state index contributed by atoms with van der Waals surface area (Å²) < 4.78 is 31.2. The molecule has 8 nitrogen and oxygen atoms in total. The minimum atomic E-state index is -3.54. The number of ether oxygens (including phenoxy) is 1. The molecule has 1 aromatic carbocycles. The first kappa shape index (κ1) is 18.4. The number of carbonyl (C=O) groups is 2. The van der Waals surface area contributed by atoms with Gasteiger partial charge in [0, 0.05) is 13.1 Å². The molecule has 1 aliphatic rings. The fourth-order valence-electron chi connectivity index (χ4n) is 2.44. The number of benzene rings is 1. The van der Waals surface area contributed by atoms with Crippen molar-refractivity contribution in [3.8, 4) is 0 Å². The van der Waals surface area contributed by atoms with Gasteiger partial charge >= 0.3 is 5.97 Å². The number of sulfonamides is 1. The number of hydrogen-bond acceptors (Lipinski definition) is 5. The Labute approximate surface area is 140 Å². The molecule has 0 spiro atoms. The Kier molecular flexibility index (Phi) is 5.92. The summed E-state index contributed by atoms with van der Waals surface area (Å²) >= 11 is 0. The van der Waals surface area contributed by atoms with Crippen molar-refractivity contribution < 1.29 is 27.9 Å². The van der Waals surface area contributed by atoms with Gasteiger partial charge in [0.05, 0.1) is 24.5 Å². The van der Waals surface area contributed by atoms with E-state index in [0.717, 1.165) is 0 Å². The third-order valence-corrected chi connectivity index (χ3v) is 5.22. The highest BCUT2D eigenvalue weighted by Gasteiger charge is 2.32. The number of aliphatic carboxylic acids is 1. The molecule has 2 N–H and O–H groups in total. The number of morpholine rings is 1. The molecular formula is C15H20N2O6S. The van der Waals surface area contributed by atoms with Crippen molar-refractivity contribution in [3.63, 3.8) is 0 Å². The largest absolute Gasteiger partial charge is 0.480 e. The van der Waals surface area contributed by atoms with Crippen LogP contribution in [0.3, 0.4) is 0 Å². The first-order valence-corrected chi connectivity index (χ1v) is 9.02. The summed E-state index contributed by atoms with van der Waals surface area (Å²) in [5.74, 6) is -1.43. The maximum Gasteiger partial charge on any atom is 0.328 e. The molecule has 0 saturated carbocycles. The molecule has 1 heterocycles. The van der Waals surface area contributed by atoms with Crippen molar-refractivity contribution in [1.82, 2.24) is 9.62 Å². The van der Waals surface area contributed by atoms with E-state index >= 15 is 0 Å². The Bertz CT molecular complexity index is 701.